The van der Waals surface area contributed by atoms with Crippen LogP contribution in [-0.2, 0) is 6.54 Å². The summed E-state index contributed by atoms with van der Waals surface area (Å²) in [6, 6.07) is 6.02. The van der Waals surface area contributed by atoms with Crippen molar-refractivity contribution in [3.05, 3.63) is 23.8 Å². The van der Waals surface area contributed by atoms with Gasteiger partial charge < -0.3 is 19.3 Å². The molecule has 120 valence electrons. The van der Waals surface area contributed by atoms with E-state index >= 15 is 0 Å². The zero-order chi connectivity index (χ0) is 15.4. The molecule has 2 heterocycles. The lowest BCUT2D eigenvalue weighted by molar-refractivity contribution is 0.161. The summed E-state index contributed by atoms with van der Waals surface area (Å²) in [6.45, 7) is 3.53. The van der Waals surface area contributed by atoms with Crippen LogP contribution in [0.15, 0.2) is 18.2 Å². The predicted octanol–water partition coefficient (Wildman–Crippen LogP) is 2.89. The predicted molar refractivity (Wildman–Crippen MR) is 84.3 cm³/mol. The van der Waals surface area contributed by atoms with Crippen molar-refractivity contribution in [1.29, 1.82) is 0 Å². The van der Waals surface area contributed by atoms with Gasteiger partial charge in [0.15, 0.2) is 11.5 Å². The van der Waals surface area contributed by atoms with Gasteiger partial charge in [-0.25, -0.2) is 4.79 Å². The lowest BCUT2D eigenvalue weighted by atomic mass is 10.2. The van der Waals surface area contributed by atoms with Crippen molar-refractivity contribution >= 4 is 6.03 Å². The van der Waals surface area contributed by atoms with E-state index < -0.39 is 0 Å². The van der Waals surface area contributed by atoms with Crippen LogP contribution in [0.2, 0.25) is 0 Å². The molecule has 22 heavy (non-hydrogen) atoms. The number of benzene rings is 1. The minimum Gasteiger partial charge on any atom is -0.486 e. The monoisotopic (exact) mass is 304 g/mol. The number of ether oxygens (including phenoxy) is 2. The van der Waals surface area contributed by atoms with Gasteiger partial charge >= 0.3 is 6.03 Å². The number of likely N-dealkylation sites (tertiary alicyclic amines) is 1. The van der Waals surface area contributed by atoms with E-state index in [9.17, 15) is 4.79 Å². The lowest BCUT2D eigenvalue weighted by Gasteiger charge is -2.27. The Morgan fingerprint density at radius 3 is 2.50 bits per heavy atom. The van der Waals surface area contributed by atoms with Gasteiger partial charge in [0, 0.05) is 26.7 Å². The van der Waals surface area contributed by atoms with E-state index in [4.69, 9.17) is 9.47 Å². The molecule has 3 rings (SSSR count). The molecule has 0 saturated carbocycles. The van der Waals surface area contributed by atoms with Gasteiger partial charge in [-0.05, 0) is 30.5 Å². The van der Waals surface area contributed by atoms with Gasteiger partial charge in [-0.15, -0.1) is 0 Å². The molecular formula is C17H24N2O3. The molecule has 0 radical (unpaired) electrons. The molecule has 1 fully saturated rings. The molecule has 0 aromatic heterocycles. The first kappa shape index (κ1) is 15.0. The molecule has 2 aliphatic rings. The van der Waals surface area contributed by atoms with Gasteiger partial charge in [-0.1, -0.05) is 18.9 Å². The highest BCUT2D eigenvalue weighted by Gasteiger charge is 2.20. The maximum Gasteiger partial charge on any atom is 0.320 e. The normalized spacial score (nSPS) is 17.8. The SMILES string of the molecule is CN(Cc1ccc2c(c1)OCCO2)C(=O)N1CCCCCC1. The van der Waals surface area contributed by atoms with Crippen LogP contribution in [0.3, 0.4) is 0 Å². The van der Waals surface area contributed by atoms with Gasteiger partial charge in [-0.3, -0.25) is 0 Å². The summed E-state index contributed by atoms with van der Waals surface area (Å²) in [7, 11) is 1.87. The maximum absolute atomic E-state index is 12.5. The van der Waals surface area contributed by atoms with Gasteiger partial charge in [-0.2, -0.15) is 0 Å². The summed E-state index contributed by atoms with van der Waals surface area (Å²) in [5.41, 5.74) is 1.06. The molecule has 0 bridgehead atoms. The molecule has 0 N–H and O–H groups in total. The Morgan fingerprint density at radius 1 is 1.09 bits per heavy atom. The molecule has 0 atom stereocenters. The van der Waals surface area contributed by atoms with Crippen molar-refractivity contribution in [3.63, 3.8) is 0 Å². The first-order valence-corrected chi connectivity index (χ1v) is 8.12. The third kappa shape index (κ3) is 3.46. The first-order valence-electron chi connectivity index (χ1n) is 8.12. The summed E-state index contributed by atoms with van der Waals surface area (Å²) >= 11 is 0. The highest BCUT2D eigenvalue weighted by molar-refractivity contribution is 5.74. The number of amides is 2. The molecule has 5 heteroatoms. The molecule has 2 amide bonds. The van der Waals surface area contributed by atoms with Gasteiger partial charge in [0.05, 0.1) is 0 Å². The fourth-order valence-electron chi connectivity index (χ4n) is 3.03. The Kier molecular flexibility index (Phi) is 4.71. The molecule has 5 nitrogen and oxygen atoms in total. The molecular weight excluding hydrogens is 280 g/mol. The third-order valence-electron chi connectivity index (χ3n) is 4.23. The molecule has 2 aliphatic heterocycles. The van der Waals surface area contributed by atoms with Crippen molar-refractivity contribution < 1.29 is 14.3 Å². The van der Waals surface area contributed by atoms with Crippen LogP contribution < -0.4 is 9.47 Å². The van der Waals surface area contributed by atoms with Crippen LogP contribution in [0.1, 0.15) is 31.2 Å². The summed E-state index contributed by atoms with van der Waals surface area (Å²) < 4.78 is 11.1. The standard InChI is InChI=1S/C17H24N2O3/c1-18(17(20)19-8-4-2-3-5-9-19)13-14-6-7-15-16(12-14)22-11-10-21-15/h6-7,12H,2-5,8-11,13H2,1H3. The van der Waals surface area contributed by atoms with E-state index in [-0.39, 0.29) is 6.03 Å². The van der Waals surface area contributed by atoms with Crippen LogP contribution in [0.4, 0.5) is 4.79 Å². The minimum absolute atomic E-state index is 0.122. The van der Waals surface area contributed by atoms with Crippen molar-refractivity contribution in [3.8, 4) is 11.5 Å². The van der Waals surface area contributed by atoms with E-state index in [1.54, 1.807) is 4.90 Å². The van der Waals surface area contributed by atoms with E-state index in [0.29, 0.717) is 19.8 Å². The summed E-state index contributed by atoms with van der Waals surface area (Å²) in [5, 5.41) is 0. The Bertz CT molecular complexity index is 525. The highest BCUT2D eigenvalue weighted by Crippen LogP contribution is 2.31. The van der Waals surface area contributed by atoms with Crippen LogP contribution in [0.5, 0.6) is 11.5 Å². The minimum atomic E-state index is 0.122. The van der Waals surface area contributed by atoms with Crippen LogP contribution in [0, 0.1) is 0 Å². The number of nitrogens with zero attached hydrogens (tertiary/aromatic N) is 2. The molecule has 1 aromatic rings. The van der Waals surface area contributed by atoms with Crippen molar-refractivity contribution in [2.24, 2.45) is 0 Å². The Balaban J connectivity index is 1.63. The maximum atomic E-state index is 12.5. The van der Waals surface area contributed by atoms with Crippen molar-refractivity contribution in [2.75, 3.05) is 33.4 Å². The number of hydrogen-bond donors (Lipinski definition) is 0. The number of carbonyl (C=O) groups is 1. The summed E-state index contributed by atoms with van der Waals surface area (Å²) in [5.74, 6) is 1.57. The van der Waals surface area contributed by atoms with Crippen LogP contribution >= 0.6 is 0 Å². The Labute approximate surface area is 131 Å². The zero-order valence-corrected chi connectivity index (χ0v) is 13.2. The van der Waals surface area contributed by atoms with E-state index in [1.165, 1.54) is 12.8 Å². The quantitative estimate of drug-likeness (QED) is 0.843. The second kappa shape index (κ2) is 6.90. The Morgan fingerprint density at radius 2 is 1.77 bits per heavy atom. The van der Waals surface area contributed by atoms with Crippen molar-refractivity contribution in [1.82, 2.24) is 9.80 Å². The topological polar surface area (TPSA) is 42.0 Å². The van der Waals surface area contributed by atoms with Crippen LogP contribution in [-0.4, -0.2) is 49.2 Å². The Hall–Kier alpha value is -1.91. The highest BCUT2D eigenvalue weighted by atomic mass is 16.6. The molecule has 1 saturated heterocycles. The number of urea groups is 1. The smallest absolute Gasteiger partial charge is 0.320 e. The van der Waals surface area contributed by atoms with Crippen LogP contribution in [0.25, 0.3) is 0 Å². The largest absolute Gasteiger partial charge is 0.486 e. The van der Waals surface area contributed by atoms with E-state index in [0.717, 1.165) is 43.0 Å². The lowest BCUT2D eigenvalue weighted by Crippen LogP contribution is -2.41. The second-order valence-corrected chi connectivity index (χ2v) is 6.02. The molecule has 0 unspecified atom stereocenters. The third-order valence-corrected chi connectivity index (χ3v) is 4.23. The van der Waals surface area contributed by atoms with E-state index in [2.05, 4.69) is 0 Å². The number of fused-ring (bicyclic) bond motifs is 1. The van der Waals surface area contributed by atoms with Gasteiger partial charge in [0.25, 0.3) is 0 Å². The fraction of sp³-hybridized carbons (Fsp3) is 0.588. The first-order chi connectivity index (χ1) is 10.7. The second-order valence-electron chi connectivity index (χ2n) is 6.02. The molecule has 1 aromatic carbocycles. The summed E-state index contributed by atoms with van der Waals surface area (Å²) in [6.07, 6.45) is 4.69. The van der Waals surface area contributed by atoms with Gasteiger partial charge in [0.1, 0.15) is 13.2 Å². The number of carbonyl (C=O) groups excluding carboxylic acids is 1. The fourth-order valence-corrected chi connectivity index (χ4v) is 3.03. The zero-order valence-electron chi connectivity index (χ0n) is 13.2. The number of hydrogen-bond acceptors (Lipinski definition) is 3. The van der Waals surface area contributed by atoms with E-state index in [1.807, 2.05) is 30.1 Å². The van der Waals surface area contributed by atoms with Crippen molar-refractivity contribution in [2.45, 2.75) is 32.2 Å². The average Bonchev–Trinajstić information content (AvgIpc) is 2.83. The number of rotatable bonds is 2. The summed E-state index contributed by atoms with van der Waals surface area (Å²) in [4.78, 5) is 16.3. The molecule has 0 aliphatic carbocycles. The van der Waals surface area contributed by atoms with Gasteiger partial charge in [0.2, 0.25) is 0 Å². The average molecular weight is 304 g/mol. The molecule has 0 spiro atoms.